The van der Waals surface area contributed by atoms with Crippen LogP contribution in [0.2, 0.25) is 0 Å². The highest BCUT2D eigenvalue weighted by atomic mass is 32.1. The van der Waals surface area contributed by atoms with Crippen LogP contribution in [0.25, 0.3) is 11.3 Å². The maximum absolute atomic E-state index is 12.9. The predicted molar refractivity (Wildman–Crippen MR) is 117 cm³/mol. The summed E-state index contributed by atoms with van der Waals surface area (Å²) in [6.07, 6.45) is 3.81. The maximum atomic E-state index is 12.9. The first-order chi connectivity index (χ1) is 14.1. The van der Waals surface area contributed by atoms with Crippen molar-refractivity contribution < 1.29 is 14.3 Å². The van der Waals surface area contributed by atoms with Crippen LogP contribution >= 0.6 is 11.3 Å². The first-order valence-electron chi connectivity index (χ1n) is 10.4. The molecule has 1 aromatic carbocycles. The maximum Gasteiger partial charge on any atom is 0.265 e. The SMILES string of the molecule is CCCc1nc(-c2ccc3c(c2)N(CC(=O)N(CCC)CCC)C(=O)CO3)cs1. The fraction of sp³-hybridized carbons (Fsp3) is 0.500. The molecular weight excluding hydrogens is 386 g/mol. The second-order valence-corrected chi connectivity index (χ2v) is 8.15. The fourth-order valence-corrected chi connectivity index (χ4v) is 4.35. The van der Waals surface area contributed by atoms with Crippen molar-refractivity contribution in [2.24, 2.45) is 0 Å². The summed E-state index contributed by atoms with van der Waals surface area (Å²) < 4.78 is 5.60. The third-order valence-corrected chi connectivity index (χ3v) is 5.76. The zero-order valence-electron chi connectivity index (χ0n) is 17.4. The molecule has 0 saturated heterocycles. The van der Waals surface area contributed by atoms with Gasteiger partial charge in [0.05, 0.1) is 16.4 Å². The van der Waals surface area contributed by atoms with Gasteiger partial charge in [0.2, 0.25) is 5.91 Å². The van der Waals surface area contributed by atoms with Gasteiger partial charge in [0.1, 0.15) is 12.3 Å². The number of aromatic nitrogens is 1. The molecule has 2 amide bonds. The largest absolute Gasteiger partial charge is 0.482 e. The molecule has 0 radical (unpaired) electrons. The number of hydrogen-bond acceptors (Lipinski definition) is 5. The number of anilines is 1. The second-order valence-electron chi connectivity index (χ2n) is 7.21. The number of aryl methyl sites for hydroxylation is 1. The van der Waals surface area contributed by atoms with Gasteiger partial charge in [0.25, 0.3) is 5.91 Å². The normalized spacial score (nSPS) is 13.2. The molecule has 3 rings (SSSR count). The van der Waals surface area contributed by atoms with Gasteiger partial charge in [-0.2, -0.15) is 0 Å². The minimum absolute atomic E-state index is 0.0285. The van der Waals surface area contributed by atoms with Crippen molar-refractivity contribution in [3.63, 3.8) is 0 Å². The summed E-state index contributed by atoms with van der Waals surface area (Å²) in [5.74, 6) is 0.405. The van der Waals surface area contributed by atoms with Gasteiger partial charge in [0.15, 0.2) is 6.61 Å². The minimum Gasteiger partial charge on any atom is -0.482 e. The van der Waals surface area contributed by atoms with E-state index >= 15 is 0 Å². The van der Waals surface area contributed by atoms with E-state index in [0.717, 1.165) is 41.9 Å². The Bertz CT molecular complexity index is 859. The zero-order valence-corrected chi connectivity index (χ0v) is 18.3. The molecule has 29 heavy (non-hydrogen) atoms. The Morgan fingerprint density at radius 2 is 1.97 bits per heavy atom. The summed E-state index contributed by atoms with van der Waals surface area (Å²) in [5, 5.41) is 3.15. The Balaban J connectivity index is 1.86. The Kier molecular flexibility index (Phi) is 7.25. The number of carbonyl (C=O) groups excluding carboxylic acids is 2. The summed E-state index contributed by atoms with van der Waals surface area (Å²) in [5.41, 5.74) is 2.46. The molecule has 1 aliphatic heterocycles. The molecular formula is C22H29N3O3S. The van der Waals surface area contributed by atoms with Crippen LogP contribution in [0.4, 0.5) is 5.69 Å². The van der Waals surface area contributed by atoms with Crippen molar-refractivity contribution in [3.05, 3.63) is 28.6 Å². The van der Waals surface area contributed by atoms with Gasteiger partial charge >= 0.3 is 0 Å². The highest BCUT2D eigenvalue weighted by Crippen LogP contribution is 2.36. The number of hydrogen-bond donors (Lipinski definition) is 0. The Labute approximate surface area is 176 Å². The van der Waals surface area contributed by atoms with Crippen LogP contribution in [0.5, 0.6) is 5.75 Å². The number of fused-ring (bicyclic) bond motifs is 1. The van der Waals surface area contributed by atoms with Crippen LogP contribution in [0.1, 0.15) is 45.0 Å². The number of thiazole rings is 1. The molecule has 0 aliphatic carbocycles. The molecule has 2 aromatic rings. The first-order valence-corrected chi connectivity index (χ1v) is 11.2. The molecule has 1 aliphatic rings. The van der Waals surface area contributed by atoms with Gasteiger partial charge < -0.3 is 9.64 Å². The number of carbonyl (C=O) groups is 2. The standard InChI is InChI=1S/C22H29N3O3S/c1-4-7-20-23-17(15-29-20)16-8-9-19-18(12-16)25(22(27)14-28-19)13-21(26)24(10-5-2)11-6-3/h8-9,12,15H,4-7,10-11,13-14H2,1-3H3. The monoisotopic (exact) mass is 415 g/mol. The van der Waals surface area contributed by atoms with Gasteiger partial charge in [-0.15, -0.1) is 11.3 Å². The van der Waals surface area contributed by atoms with Crippen molar-refractivity contribution >= 4 is 28.8 Å². The zero-order chi connectivity index (χ0) is 20.8. The minimum atomic E-state index is -0.194. The summed E-state index contributed by atoms with van der Waals surface area (Å²) in [7, 11) is 0. The van der Waals surface area contributed by atoms with E-state index in [-0.39, 0.29) is 25.0 Å². The van der Waals surface area contributed by atoms with Gasteiger partial charge in [-0.05, 0) is 43.9 Å². The third-order valence-electron chi connectivity index (χ3n) is 4.85. The average Bonchev–Trinajstić information content (AvgIpc) is 3.18. The smallest absolute Gasteiger partial charge is 0.265 e. The predicted octanol–water partition coefficient (Wildman–Crippen LogP) is 4.14. The van der Waals surface area contributed by atoms with E-state index in [1.807, 2.05) is 28.5 Å². The van der Waals surface area contributed by atoms with Crippen LogP contribution in [0.15, 0.2) is 23.6 Å². The molecule has 0 saturated carbocycles. The van der Waals surface area contributed by atoms with E-state index in [0.29, 0.717) is 24.5 Å². The van der Waals surface area contributed by atoms with Gasteiger partial charge in [-0.3, -0.25) is 14.5 Å². The van der Waals surface area contributed by atoms with Gasteiger partial charge in [-0.25, -0.2) is 4.98 Å². The van der Waals surface area contributed by atoms with Crippen molar-refractivity contribution in [3.8, 4) is 17.0 Å². The van der Waals surface area contributed by atoms with Crippen LogP contribution < -0.4 is 9.64 Å². The van der Waals surface area contributed by atoms with E-state index in [4.69, 9.17) is 9.72 Å². The van der Waals surface area contributed by atoms with E-state index < -0.39 is 0 Å². The lowest BCUT2D eigenvalue weighted by Crippen LogP contribution is -2.46. The average molecular weight is 416 g/mol. The quantitative estimate of drug-likeness (QED) is 0.618. The first kappa shape index (κ1) is 21.3. The summed E-state index contributed by atoms with van der Waals surface area (Å²) in [4.78, 5) is 33.5. The molecule has 0 unspecified atom stereocenters. The summed E-state index contributed by atoms with van der Waals surface area (Å²) in [6, 6.07) is 5.73. The lowest BCUT2D eigenvalue weighted by molar-refractivity contribution is -0.132. The Hall–Kier alpha value is -2.41. The van der Waals surface area contributed by atoms with Crippen LogP contribution in [0, 0.1) is 0 Å². The molecule has 2 heterocycles. The Morgan fingerprint density at radius 1 is 1.21 bits per heavy atom. The molecule has 0 bridgehead atoms. The highest BCUT2D eigenvalue weighted by Gasteiger charge is 2.29. The number of rotatable bonds is 9. The van der Waals surface area contributed by atoms with Crippen molar-refractivity contribution in [1.29, 1.82) is 0 Å². The molecule has 7 heteroatoms. The number of benzene rings is 1. The van der Waals surface area contributed by atoms with E-state index in [1.165, 1.54) is 0 Å². The Morgan fingerprint density at radius 3 is 2.66 bits per heavy atom. The lowest BCUT2D eigenvalue weighted by Gasteiger charge is -2.31. The number of amides is 2. The summed E-state index contributed by atoms with van der Waals surface area (Å²) in [6.45, 7) is 7.65. The van der Waals surface area contributed by atoms with Crippen molar-refractivity contribution in [1.82, 2.24) is 9.88 Å². The topological polar surface area (TPSA) is 62.7 Å². The number of ether oxygens (including phenoxy) is 1. The van der Waals surface area contributed by atoms with Gasteiger partial charge in [-0.1, -0.05) is 20.8 Å². The molecule has 6 nitrogen and oxygen atoms in total. The second kappa shape index (κ2) is 9.87. The lowest BCUT2D eigenvalue weighted by atomic mass is 10.1. The molecule has 156 valence electrons. The molecule has 1 aromatic heterocycles. The summed E-state index contributed by atoms with van der Waals surface area (Å²) >= 11 is 1.65. The van der Waals surface area contributed by atoms with Crippen LogP contribution in [-0.2, 0) is 16.0 Å². The fourth-order valence-electron chi connectivity index (χ4n) is 3.44. The van der Waals surface area contributed by atoms with Crippen LogP contribution in [0.3, 0.4) is 0 Å². The molecule has 0 spiro atoms. The third kappa shape index (κ3) is 4.96. The molecule has 0 fully saturated rings. The molecule has 0 atom stereocenters. The van der Waals surface area contributed by atoms with E-state index in [1.54, 1.807) is 16.2 Å². The van der Waals surface area contributed by atoms with Crippen molar-refractivity contribution in [2.45, 2.75) is 46.5 Å². The van der Waals surface area contributed by atoms with E-state index in [9.17, 15) is 9.59 Å². The number of nitrogens with zero attached hydrogens (tertiary/aromatic N) is 3. The van der Waals surface area contributed by atoms with Crippen LogP contribution in [-0.4, -0.2) is 47.9 Å². The highest BCUT2D eigenvalue weighted by molar-refractivity contribution is 7.09. The van der Waals surface area contributed by atoms with Gasteiger partial charge in [0, 0.05) is 24.0 Å². The van der Waals surface area contributed by atoms with Crippen molar-refractivity contribution in [2.75, 3.05) is 31.1 Å². The molecule has 0 N–H and O–H groups in total. The van der Waals surface area contributed by atoms with E-state index in [2.05, 4.69) is 20.8 Å².